The van der Waals surface area contributed by atoms with E-state index in [0.717, 1.165) is 24.7 Å². The van der Waals surface area contributed by atoms with Gasteiger partial charge < -0.3 is 20.6 Å². The number of carbonyl (C=O) groups excluding carboxylic acids is 2. The molecule has 0 aromatic heterocycles. The minimum Gasteiger partial charge on any atom is -0.587 e. The van der Waals surface area contributed by atoms with E-state index in [0.29, 0.717) is 11.1 Å². The molecule has 5 aromatic carbocycles. The van der Waals surface area contributed by atoms with Crippen LogP contribution in [0.15, 0.2) is 121 Å². The Kier molecular flexibility index (Phi) is 26.1. The Morgan fingerprint density at radius 1 is 0.456 bits per heavy atom. The molecule has 5 aromatic rings. The van der Waals surface area contributed by atoms with Gasteiger partial charge in [0.2, 0.25) is 0 Å². The first-order valence-corrected chi connectivity index (χ1v) is 21.6. The molecule has 0 radical (unpaired) electrons. The third-order valence-electron chi connectivity index (χ3n) is 9.98. The van der Waals surface area contributed by atoms with Gasteiger partial charge in [0.25, 0.3) is 0 Å². The Balaban J connectivity index is 0.000000305. The number of nitrogens with two attached hydrogens (primary N) is 1. The van der Waals surface area contributed by atoms with E-state index in [1.165, 1.54) is 122 Å². The van der Waals surface area contributed by atoms with Gasteiger partial charge in [-0.15, -0.1) is 0 Å². The van der Waals surface area contributed by atoms with Crippen LogP contribution < -0.4 is 57.1 Å². The van der Waals surface area contributed by atoms with Crippen molar-refractivity contribution in [3.63, 3.8) is 0 Å². The summed E-state index contributed by atoms with van der Waals surface area (Å²) < 4.78 is 0. The topological polar surface area (TPSA) is 74.3 Å². The second kappa shape index (κ2) is 29.5. The molecule has 0 spiro atoms. The predicted octanol–water partition coefficient (Wildman–Crippen LogP) is 11.2. The van der Waals surface area contributed by atoms with Crippen LogP contribution in [-0.2, 0) is 25.7 Å². The quantitative estimate of drug-likeness (QED) is 0.0413. The van der Waals surface area contributed by atoms with E-state index in [-0.39, 0.29) is 58.8 Å². The van der Waals surface area contributed by atoms with Gasteiger partial charge in [0.05, 0.1) is 11.8 Å². The summed E-state index contributed by atoms with van der Waals surface area (Å²) in [5.74, 6) is -0.851. The van der Waals surface area contributed by atoms with Crippen LogP contribution in [-0.4, -0.2) is 23.7 Å². The summed E-state index contributed by atoms with van der Waals surface area (Å²) in [5.41, 5.74) is 17.4. The number of hydrogen-bond donors (Lipinski definition) is 1. The van der Waals surface area contributed by atoms with Gasteiger partial charge in [-0.25, -0.2) is 0 Å². The minimum absolute atomic E-state index is 0. The molecular weight excluding hydrogens is 792 g/mol. The molecule has 298 valence electrons. The molecule has 0 unspecified atom stereocenters. The Hall–Kier alpha value is -2.68. The maximum Gasteiger partial charge on any atom is 1.00 e. The summed E-state index contributed by atoms with van der Waals surface area (Å²) in [5, 5.41) is 4.39. The van der Waals surface area contributed by atoms with Crippen LogP contribution in [0.1, 0.15) is 128 Å². The first kappa shape index (κ1) is 50.5. The van der Waals surface area contributed by atoms with Gasteiger partial charge in [-0.3, -0.25) is 0 Å². The number of hydrogen-bond acceptors (Lipinski definition) is 3. The van der Waals surface area contributed by atoms with E-state index in [1.807, 2.05) is 0 Å². The monoisotopic (exact) mass is 854 g/mol. The van der Waals surface area contributed by atoms with Crippen LogP contribution >= 0.6 is 15.9 Å². The van der Waals surface area contributed by atoms with Gasteiger partial charge in [0.15, 0.2) is 0 Å². The first-order valence-electron chi connectivity index (χ1n) is 20.5. The van der Waals surface area contributed by atoms with E-state index in [9.17, 15) is 9.59 Å². The van der Waals surface area contributed by atoms with Crippen molar-refractivity contribution in [2.24, 2.45) is 5.73 Å². The number of unbranched alkanes of at least 4 members (excludes halogenated alkanes) is 6. The van der Waals surface area contributed by atoms with Crippen molar-refractivity contribution in [1.29, 1.82) is 0 Å². The number of rotatable bonds is 18. The molecule has 0 aliphatic carbocycles. The van der Waals surface area contributed by atoms with Crippen molar-refractivity contribution in [3.8, 4) is 22.3 Å². The summed E-state index contributed by atoms with van der Waals surface area (Å²) in [7, 11) is 0. The fraction of sp³-hybridized carbons (Fsp3) is 0.373. The van der Waals surface area contributed by atoms with E-state index < -0.39 is 11.8 Å². The van der Waals surface area contributed by atoms with Crippen LogP contribution in [0.4, 0.5) is 0 Å². The number of halogens is 1. The second-order valence-electron chi connectivity index (χ2n) is 14.4. The number of nitrogens with zero attached hydrogens (tertiary/aromatic N) is 1. The van der Waals surface area contributed by atoms with Crippen molar-refractivity contribution < 1.29 is 61.0 Å². The molecular formula is C51H64BrKN2O2. The largest absolute Gasteiger partial charge is 1.00 e. The second-order valence-corrected chi connectivity index (χ2v) is 15.2. The van der Waals surface area contributed by atoms with Gasteiger partial charge in [-0.1, -0.05) is 184 Å². The molecule has 2 N–H and O–H groups in total. The maximum absolute atomic E-state index is 10.9. The van der Waals surface area contributed by atoms with Crippen LogP contribution in [0.2, 0.25) is 0 Å². The molecule has 6 heteroatoms. The Morgan fingerprint density at radius 2 is 0.754 bits per heavy atom. The van der Waals surface area contributed by atoms with E-state index >= 15 is 0 Å². The molecule has 1 heterocycles. The smallest absolute Gasteiger partial charge is 0.587 e. The average molecular weight is 856 g/mol. The Bertz CT molecular complexity index is 1600. The SMILES string of the molecule is C.CCCCCc1ccc(-c2ccc(CCCCBr)cc2)cc1.CCCCCc1ccc(-c2ccc(CCCCN)cc2)cc1.O=C1[N-]C(=O)c2ccccc21.[K+]. The van der Waals surface area contributed by atoms with E-state index in [2.05, 4.69) is 132 Å². The van der Waals surface area contributed by atoms with Crippen molar-refractivity contribution in [1.82, 2.24) is 0 Å². The first-order chi connectivity index (χ1) is 26.9. The molecule has 0 atom stereocenters. The molecule has 0 bridgehead atoms. The Labute approximate surface area is 395 Å². The molecule has 0 saturated carbocycles. The van der Waals surface area contributed by atoms with Gasteiger partial charge in [0.1, 0.15) is 0 Å². The van der Waals surface area contributed by atoms with Crippen LogP contribution in [0.5, 0.6) is 0 Å². The number of aryl methyl sites for hydroxylation is 4. The molecule has 0 saturated heterocycles. The zero-order valence-corrected chi connectivity index (χ0v) is 38.8. The predicted molar refractivity (Wildman–Crippen MR) is 244 cm³/mol. The number of benzene rings is 5. The van der Waals surface area contributed by atoms with Crippen LogP contribution in [0.25, 0.3) is 27.6 Å². The minimum atomic E-state index is -0.425. The van der Waals surface area contributed by atoms with Crippen molar-refractivity contribution >= 4 is 27.7 Å². The molecule has 1 aliphatic heterocycles. The molecule has 1 aliphatic rings. The maximum atomic E-state index is 10.9. The Morgan fingerprint density at radius 3 is 1.04 bits per heavy atom. The summed E-state index contributed by atoms with van der Waals surface area (Å²) in [6.45, 7) is 5.30. The van der Waals surface area contributed by atoms with E-state index in [4.69, 9.17) is 5.73 Å². The molecule has 6 rings (SSSR count). The zero-order valence-electron chi connectivity index (χ0n) is 34.1. The van der Waals surface area contributed by atoms with Crippen molar-refractivity contribution in [3.05, 3.63) is 160 Å². The number of amides is 2. The van der Waals surface area contributed by atoms with Gasteiger partial charge in [-0.05, 0) is 115 Å². The van der Waals surface area contributed by atoms with Crippen LogP contribution in [0.3, 0.4) is 0 Å². The fourth-order valence-electron chi connectivity index (χ4n) is 6.58. The molecule has 0 fully saturated rings. The normalized spacial score (nSPS) is 11.2. The third-order valence-corrected chi connectivity index (χ3v) is 10.5. The summed E-state index contributed by atoms with van der Waals surface area (Å²) in [6, 6.07) is 42.9. The number of imide groups is 1. The number of alkyl halides is 1. The number of carbonyl (C=O) groups is 2. The molecule has 57 heavy (non-hydrogen) atoms. The summed E-state index contributed by atoms with van der Waals surface area (Å²) >= 11 is 3.49. The molecule has 4 nitrogen and oxygen atoms in total. The summed E-state index contributed by atoms with van der Waals surface area (Å²) in [6.07, 6.45) is 17.4. The van der Waals surface area contributed by atoms with Crippen LogP contribution in [0, 0.1) is 0 Å². The average Bonchev–Trinajstić information content (AvgIpc) is 3.52. The fourth-order valence-corrected chi connectivity index (χ4v) is 6.98. The van der Waals surface area contributed by atoms with Crippen molar-refractivity contribution in [2.45, 2.75) is 111 Å². The van der Waals surface area contributed by atoms with Gasteiger partial charge in [-0.2, -0.15) is 0 Å². The van der Waals surface area contributed by atoms with Gasteiger partial charge >= 0.3 is 51.4 Å². The summed E-state index contributed by atoms with van der Waals surface area (Å²) in [4.78, 5) is 21.8. The van der Waals surface area contributed by atoms with Gasteiger partial charge in [0, 0.05) is 16.5 Å². The third kappa shape index (κ3) is 18.0. The van der Waals surface area contributed by atoms with Crippen molar-refractivity contribution in [2.75, 3.05) is 11.9 Å². The van der Waals surface area contributed by atoms with E-state index in [1.54, 1.807) is 24.3 Å². The standard InChI is InChI=1S/C21H27Br.C21H29N.C8H5NO2.CH4.K/c2*1-2-3-4-7-18-9-13-20(14-10-18)21-15-11-19(12-16-21)8-5-6-17-22;10-7-5-3-1-2-4-6(5)8(11)9-7;;/h9-16H,2-8,17H2,1H3;9-16H,2-8,17,22H2,1H3;1-4H,(H,9,10,11);1H4;/q;;;;+1/p-1. The zero-order chi connectivity index (χ0) is 39.1. The number of fused-ring (bicyclic) bond motifs is 1. The molecule has 2 amide bonds.